The largest absolute Gasteiger partial charge is 0.494 e. The third-order valence-electron chi connectivity index (χ3n) is 5.23. The molecule has 0 aliphatic carbocycles. The maximum absolute atomic E-state index is 13.5. The Morgan fingerprint density at radius 3 is 2.91 bits per heavy atom. The molecule has 2 aromatic carbocycles. The average molecular weight is 500 g/mol. The lowest BCUT2D eigenvalue weighted by molar-refractivity contribution is -0.156. The number of esters is 1. The zero-order valence-corrected chi connectivity index (χ0v) is 19.8. The van der Waals surface area contributed by atoms with Crippen molar-refractivity contribution >= 4 is 51.6 Å². The number of ether oxygens (including phenoxy) is 2. The number of anilines is 3. The van der Waals surface area contributed by atoms with Crippen molar-refractivity contribution in [1.29, 1.82) is 0 Å². The summed E-state index contributed by atoms with van der Waals surface area (Å²) in [5.41, 5.74) is 1.53. The number of nitrogens with one attached hydrogen (secondary N) is 2. The lowest BCUT2D eigenvalue weighted by Crippen LogP contribution is -2.44. The Morgan fingerprint density at radius 1 is 1.34 bits per heavy atom. The molecule has 3 aromatic rings. The quantitative estimate of drug-likeness (QED) is 0.372. The first-order valence-corrected chi connectivity index (χ1v) is 11.1. The van der Waals surface area contributed by atoms with Crippen molar-refractivity contribution in [3.63, 3.8) is 0 Å². The number of carbonyl (C=O) groups is 2. The van der Waals surface area contributed by atoms with E-state index in [-0.39, 0.29) is 29.5 Å². The SMILES string of the molecule is COc1cc2ncnc(Nc3ccc(F)c(Cl)c3)c2cc1NC(=O)/C=C/CN1CC(=O)O[C@H](C)C1. The number of carbonyl (C=O) groups excluding carboxylic acids is 2. The van der Waals surface area contributed by atoms with Gasteiger partial charge in [-0.2, -0.15) is 0 Å². The molecule has 0 spiro atoms. The number of nitrogens with zero attached hydrogens (tertiary/aromatic N) is 3. The van der Waals surface area contributed by atoms with Crippen LogP contribution in [-0.2, 0) is 14.3 Å². The van der Waals surface area contributed by atoms with Gasteiger partial charge >= 0.3 is 5.97 Å². The lowest BCUT2D eigenvalue weighted by Gasteiger charge is -2.29. The second-order valence-corrected chi connectivity index (χ2v) is 8.34. The number of hydrogen-bond acceptors (Lipinski definition) is 8. The van der Waals surface area contributed by atoms with Gasteiger partial charge in [-0.15, -0.1) is 0 Å². The van der Waals surface area contributed by atoms with Gasteiger partial charge in [0.2, 0.25) is 5.91 Å². The highest BCUT2D eigenvalue weighted by molar-refractivity contribution is 6.31. The number of halogens is 2. The fourth-order valence-electron chi connectivity index (χ4n) is 3.69. The number of benzene rings is 2. The van der Waals surface area contributed by atoms with Crippen LogP contribution < -0.4 is 15.4 Å². The smallest absolute Gasteiger partial charge is 0.320 e. The van der Waals surface area contributed by atoms with E-state index in [2.05, 4.69) is 20.6 Å². The monoisotopic (exact) mass is 499 g/mol. The van der Waals surface area contributed by atoms with Crippen LogP contribution in [0.2, 0.25) is 5.02 Å². The van der Waals surface area contributed by atoms with Crippen LogP contribution in [0.1, 0.15) is 6.92 Å². The lowest BCUT2D eigenvalue weighted by atomic mass is 10.1. The zero-order valence-electron chi connectivity index (χ0n) is 19.0. The van der Waals surface area contributed by atoms with Crippen LogP contribution in [0.5, 0.6) is 5.75 Å². The van der Waals surface area contributed by atoms with Crippen molar-refractivity contribution < 1.29 is 23.5 Å². The van der Waals surface area contributed by atoms with Gasteiger partial charge in [0.05, 0.1) is 29.9 Å². The van der Waals surface area contributed by atoms with Crippen molar-refractivity contribution in [2.24, 2.45) is 0 Å². The Kier molecular flexibility index (Phi) is 7.42. The number of amides is 1. The van der Waals surface area contributed by atoms with Gasteiger partial charge in [0, 0.05) is 36.3 Å². The third-order valence-corrected chi connectivity index (χ3v) is 5.52. The summed E-state index contributed by atoms with van der Waals surface area (Å²) >= 11 is 5.88. The molecule has 1 saturated heterocycles. The van der Waals surface area contributed by atoms with Gasteiger partial charge in [0.15, 0.2) is 0 Å². The first kappa shape index (κ1) is 24.4. The van der Waals surface area contributed by atoms with Gasteiger partial charge in [-0.3, -0.25) is 14.5 Å². The molecule has 9 nitrogen and oxygen atoms in total. The van der Waals surface area contributed by atoms with Crippen LogP contribution in [0.3, 0.4) is 0 Å². The number of morpholine rings is 1. The highest BCUT2D eigenvalue weighted by Crippen LogP contribution is 2.33. The van der Waals surface area contributed by atoms with E-state index in [1.807, 2.05) is 11.8 Å². The molecular weight excluding hydrogens is 477 g/mol. The molecule has 1 atom stereocenters. The normalized spacial score (nSPS) is 16.3. The maximum Gasteiger partial charge on any atom is 0.320 e. The van der Waals surface area contributed by atoms with Gasteiger partial charge in [-0.05, 0) is 31.2 Å². The predicted molar refractivity (Wildman–Crippen MR) is 131 cm³/mol. The van der Waals surface area contributed by atoms with E-state index in [1.165, 1.54) is 37.7 Å². The Labute approximate surface area is 205 Å². The average Bonchev–Trinajstić information content (AvgIpc) is 2.81. The van der Waals surface area contributed by atoms with Crippen LogP contribution in [0.25, 0.3) is 10.9 Å². The third kappa shape index (κ3) is 6.03. The summed E-state index contributed by atoms with van der Waals surface area (Å²) in [6, 6.07) is 7.61. The van der Waals surface area contributed by atoms with E-state index in [0.29, 0.717) is 46.9 Å². The van der Waals surface area contributed by atoms with Crippen molar-refractivity contribution in [1.82, 2.24) is 14.9 Å². The Morgan fingerprint density at radius 2 is 2.17 bits per heavy atom. The van der Waals surface area contributed by atoms with Crippen LogP contribution in [0.4, 0.5) is 21.6 Å². The topological polar surface area (TPSA) is 106 Å². The zero-order chi connectivity index (χ0) is 24.9. The Bertz CT molecular complexity index is 1300. The summed E-state index contributed by atoms with van der Waals surface area (Å²) in [7, 11) is 1.49. The van der Waals surface area contributed by atoms with Gasteiger partial charge in [0.25, 0.3) is 0 Å². The minimum absolute atomic E-state index is 0.0225. The molecule has 0 bridgehead atoms. The first-order valence-electron chi connectivity index (χ1n) is 10.8. The number of hydrogen-bond donors (Lipinski definition) is 2. The highest BCUT2D eigenvalue weighted by Gasteiger charge is 2.22. The summed E-state index contributed by atoms with van der Waals surface area (Å²) in [6.07, 6.45) is 4.28. The molecule has 1 aliphatic heterocycles. The molecule has 1 amide bonds. The van der Waals surface area contributed by atoms with Crippen molar-refractivity contribution in [3.8, 4) is 5.75 Å². The minimum atomic E-state index is -0.526. The first-order chi connectivity index (χ1) is 16.8. The summed E-state index contributed by atoms with van der Waals surface area (Å²) in [4.78, 5) is 34.6. The molecule has 2 N–H and O–H groups in total. The highest BCUT2D eigenvalue weighted by atomic mass is 35.5. The second kappa shape index (κ2) is 10.7. The summed E-state index contributed by atoms with van der Waals surface area (Å²) < 4.78 is 24.0. The van der Waals surface area contributed by atoms with E-state index >= 15 is 0 Å². The van der Waals surface area contributed by atoms with E-state index < -0.39 is 5.82 Å². The van der Waals surface area contributed by atoms with Crippen molar-refractivity contribution in [2.75, 3.05) is 37.4 Å². The van der Waals surface area contributed by atoms with E-state index in [9.17, 15) is 14.0 Å². The fraction of sp³-hybridized carbons (Fsp3) is 0.250. The number of aromatic nitrogens is 2. The predicted octanol–water partition coefficient (Wildman–Crippen LogP) is 3.92. The number of cyclic esters (lactones) is 1. The molecule has 0 unspecified atom stereocenters. The van der Waals surface area contributed by atoms with Crippen molar-refractivity contribution in [3.05, 3.63) is 59.7 Å². The van der Waals surface area contributed by atoms with Gasteiger partial charge in [0.1, 0.15) is 29.8 Å². The molecule has 1 fully saturated rings. The molecule has 1 aromatic heterocycles. The molecule has 1 aliphatic rings. The van der Waals surface area contributed by atoms with E-state index in [4.69, 9.17) is 21.1 Å². The standard InChI is InChI=1S/C24H23ClFN5O4/c1-14-11-31(12-23(33)35-14)7-3-4-22(32)30-20-9-16-19(10-21(20)34-2)27-13-28-24(16)29-15-5-6-18(26)17(25)8-15/h3-6,8-10,13-14H,7,11-12H2,1-2H3,(H,30,32)(H,27,28,29)/b4-3+/t14-/m1/s1. The summed E-state index contributed by atoms with van der Waals surface area (Å²) in [5, 5.41) is 6.48. The number of fused-ring (bicyclic) bond motifs is 1. The van der Waals surface area contributed by atoms with Crippen molar-refractivity contribution in [2.45, 2.75) is 13.0 Å². The second-order valence-electron chi connectivity index (χ2n) is 7.93. The Hall–Kier alpha value is -3.76. The molecular formula is C24H23ClFN5O4. The molecule has 0 saturated carbocycles. The van der Waals surface area contributed by atoms with Crippen LogP contribution in [0, 0.1) is 5.82 Å². The maximum atomic E-state index is 13.5. The van der Waals surface area contributed by atoms with Crippen LogP contribution >= 0.6 is 11.6 Å². The molecule has 182 valence electrons. The number of rotatable bonds is 7. The minimum Gasteiger partial charge on any atom is -0.494 e. The van der Waals surface area contributed by atoms with Crippen LogP contribution in [-0.4, -0.2) is 59.6 Å². The summed E-state index contributed by atoms with van der Waals surface area (Å²) in [5.74, 6) is -0.315. The summed E-state index contributed by atoms with van der Waals surface area (Å²) in [6.45, 7) is 3.04. The van der Waals surface area contributed by atoms with Gasteiger partial charge in [-0.25, -0.2) is 14.4 Å². The number of methoxy groups -OCH3 is 1. The molecule has 35 heavy (non-hydrogen) atoms. The van der Waals surface area contributed by atoms with Gasteiger partial charge in [-0.1, -0.05) is 17.7 Å². The molecule has 11 heteroatoms. The van der Waals surface area contributed by atoms with Gasteiger partial charge < -0.3 is 20.1 Å². The van der Waals surface area contributed by atoms with Crippen LogP contribution in [0.15, 0.2) is 48.8 Å². The van der Waals surface area contributed by atoms with E-state index in [1.54, 1.807) is 18.2 Å². The molecule has 2 heterocycles. The fourth-order valence-corrected chi connectivity index (χ4v) is 3.87. The molecule has 0 radical (unpaired) electrons. The molecule has 4 rings (SSSR count). The Balaban J connectivity index is 1.52. The van der Waals surface area contributed by atoms with E-state index in [0.717, 1.165) is 0 Å².